The molecule has 0 spiro atoms. The van der Waals surface area contributed by atoms with Crippen molar-refractivity contribution in [3.05, 3.63) is 42.1 Å². The smallest absolute Gasteiger partial charge is 0.251 e. The molecule has 0 fully saturated rings. The van der Waals surface area contributed by atoms with Crippen molar-refractivity contribution in [2.75, 3.05) is 12.3 Å². The van der Waals surface area contributed by atoms with Gasteiger partial charge in [0.25, 0.3) is 5.91 Å². The number of carbonyl (C=O) groups is 1. The third-order valence-corrected chi connectivity index (χ3v) is 2.88. The Kier molecular flexibility index (Phi) is 4.70. The summed E-state index contributed by atoms with van der Waals surface area (Å²) in [5, 5.41) is 2.86. The Morgan fingerprint density at radius 2 is 2.30 bits per heavy atom. The summed E-state index contributed by atoms with van der Waals surface area (Å²) in [6.07, 6.45) is 7.08. The second kappa shape index (κ2) is 6.70. The topological polar surface area (TPSA) is 85.8 Å². The van der Waals surface area contributed by atoms with Crippen molar-refractivity contribution >= 4 is 11.7 Å². The van der Waals surface area contributed by atoms with E-state index in [1.807, 2.05) is 10.8 Å². The lowest BCUT2D eigenvalue weighted by molar-refractivity contribution is 0.0952. The largest absolute Gasteiger partial charge is 0.384 e. The Balaban J connectivity index is 1.94. The van der Waals surface area contributed by atoms with Gasteiger partial charge >= 0.3 is 0 Å². The molecule has 6 nitrogen and oxygen atoms in total. The van der Waals surface area contributed by atoms with Gasteiger partial charge < -0.3 is 15.6 Å². The van der Waals surface area contributed by atoms with Crippen LogP contribution >= 0.6 is 0 Å². The van der Waals surface area contributed by atoms with Gasteiger partial charge in [-0.15, -0.1) is 0 Å². The summed E-state index contributed by atoms with van der Waals surface area (Å²) in [4.78, 5) is 20.2. The van der Waals surface area contributed by atoms with Gasteiger partial charge in [0.1, 0.15) is 5.82 Å². The van der Waals surface area contributed by atoms with Crippen molar-refractivity contribution in [2.45, 2.75) is 26.3 Å². The zero-order chi connectivity index (χ0) is 14.4. The molecule has 0 saturated carbocycles. The van der Waals surface area contributed by atoms with E-state index in [0.717, 1.165) is 18.5 Å². The molecule has 106 valence electrons. The van der Waals surface area contributed by atoms with Crippen LogP contribution in [0.3, 0.4) is 0 Å². The van der Waals surface area contributed by atoms with Gasteiger partial charge in [0.15, 0.2) is 0 Å². The van der Waals surface area contributed by atoms with Crippen LogP contribution in [0.15, 0.2) is 30.9 Å². The van der Waals surface area contributed by atoms with E-state index in [9.17, 15) is 4.79 Å². The van der Waals surface area contributed by atoms with E-state index >= 15 is 0 Å². The van der Waals surface area contributed by atoms with Gasteiger partial charge in [0.2, 0.25) is 0 Å². The van der Waals surface area contributed by atoms with Crippen molar-refractivity contribution in [3.63, 3.8) is 0 Å². The third-order valence-electron chi connectivity index (χ3n) is 2.88. The number of nitrogens with zero attached hydrogens (tertiary/aromatic N) is 3. The number of nitrogens with one attached hydrogen (secondary N) is 1. The van der Waals surface area contributed by atoms with Gasteiger partial charge in [-0.2, -0.15) is 0 Å². The highest BCUT2D eigenvalue weighted by molar-refractivity contribution is 5.94. The number of hydrogen-bond acceptors (Lipinski definition) is 4. The lowest BCUT2D eigenvalue weighted by atomic mass is 10.1. The molecule has 0 aromatic carbocycles. The molecule has 20 heavy (non-hydrogen) atoms. The lowest BCUT2D eigenvalue weighted by Gasteiger charge is -2.08. The second-order valence-corrected chi connectivity index (χ2v) is 4.58. The van der Waals surface area contributed by atoms with Crippen LogP contribution in [-0.2, 0) is 13.0 Å². The highest BCUT2D eigenvalue weighted by atomic mass is 16.1. The van der Waals surface area contributed by atoms with E-state index in [2.05, 4.69) is 22.2 Å². The van der Waals surface area contributed by atoms with Crippen LogP contribution in [0.2, 0.25) is 0 Å². The van der Waals surface area contributed by atoms with Crippen LogP contribution in [0.1, 0.15) is 29.4 Å². The number of aryl methyl sites for hydroxylation is 1. The normalized spacial score (nSPS) is 10.4. The number of imidazole rings is 1. The van der Waals surface area contributed by atoms with E-state index < -0.39 is 0 Å². The number of nitrogen functional groups attached to an aromatic ring is 1. The summed E-state index contributed by atoms with van der Waals surface area (Å²) in [6, 6.07) is 3.40. The SMILES string of the molecule is CCCc1cc(C(=O)NCCn2ccnc2)cc(N)n1. The second-order valence-electron chi connectivity index (χ2n) is 4.58. The molecule has 0 radical (unpaired) electrons. The van der Waals surface area contributed by atoms with E-state index in [4.69, 9.17) is 5.73 Å². The average molecular weight is 273 g/mol. The van der Waals surface area contributed by atoms with Crippen molar-refractivity contribution in [1.82, 2.24) is 19.9 Å². The number of hydrogen-bond donors (Lipinski definition) is 2. The fourth-order valence-corrected chi connectivity index (χ4v) is 1.95. The Bertz CT molecular complexity index is 565. The molecule has 0 saturated heterocycles. The van der Waals surface area contributed by atoms with Crippen molar-refractivity contribution in [1.29, 1.82) is 0 Å². The third kappa shape index (κ3) is 3.81. The molecule has 2 heterocycles. The van der Waals surface area contributed by atoms with Gasteiger partial charge in [0.05, 0.1) is 6.33 Å². The number of carbonyl (C=O) groups excluding carboxylic acids is 1. The number of aromatic nitrogens is 3. The number of amides is 1. The Morgan fingerprint density at radius 1 is 1.45 bits per heavy atom. The molecule has 0 aliphatic carbocycles. The molecule has 1 amide bonds. The van der Waals surface area contributed by atoms with Crippen LogP contribution in [0.5, 0.6) is 0 Å². The molecule has 0 aliphatic rings. The first-order valence-corrected chi connectivity index (χ1v) is 6.69. The monoisotopic (exact) mass is 273 g/mol. The minimum atomic E-state index is -0.128. The van der Waals surface area contributed by atoms with Gasteiger partial charge in [-0.1, -0.05) is 13.3 Å². The summed E-state index contributed by atoms with van der Waals surface area (Å²) >= 11 is 0. The van der Waals surface area contributed by atoms with Gasteiger partial charge in [-0.25, -0.2) is 9.97 Å². The fourth-order valence-electron chi connectivity index (χ4n) is 1.95. The first-order valence-electron chi connectivity index (χ1n) is 6.69. The Morgan fingerprint density at radius 3 is 3.00 bits per heavy atom. The first kappa shape index (κ1) is 14.0. The molecule has 0 unspecified atom stereocenters. The van der Waals surface area contributed by atoms with Gasteiger partial charge in [0, 0.05) is 36.7 Å². The molecular weight excluding hydrogens is 254 g/mol. The van der Waals surface area contributed by atoms with Crippen molar-refractivity contribution < 1.29 is 4.79 Å². The number of pyridine rings is 1. The van der Waals surface area contributed by atoms with Crippen LogP contribution in [-0.4, -0.2) is 27.0 Å². The number of nitrogens with two attached hydrogens (primary N) is 1. The molecule has 0 bridgehead atoms. The Hall–Kier alpha value is -2.37. The van der Waals surface area contributed by atoms with E-state index in [-0.39, 0.29) is 5.91 Å². The molecule has 2 aromatic heterocycles. The highest BCUT2D eigenvalue weighted by Gasteiger charge is 2.08. The standard InChI is InChI=1S/C14H19N5O/c1-2-3-12-8-11(9-13(15)18-12)14(20)17-5-7-19-6-4-16-10-19/h4,6,8-10H,2-3,5,7H2,1H3,(H2,15,18)(H,17,20). The zero-order valence-corrected chi connectivity index (χ0v) is 11.5. The van der Waals surface area contributed by atoms with Crippen LogP contribution < -0.4 is 11.1 Å². The number of rotatable bonds is 6. The van der Waals surface area contributed by atoms with Gasteiger partial charge in [-0.3, -0.25) is 4.79 Å². The minimum absolute atomic E-state index is 0.128. The summed E-state index contributed by atoms with van der Waals surface area (Å²) < 4.78 is 1.91. The highest BCUT2D eigenvalue weighted by Crippen LogP contribution is 2.09. The van der Waals surface area contributed by atoms with Crippen molar-refractivity contribution in [3.8, 4) is 0 Å². The van der Waals surface area contributed by atoms with Crippen molar-refractivity contribution in [2.24, 2.45) is 0 Å². The minimum Gasteiger partial charge on any atom is -0.384 e. The molecule has 0 aliphatic heterocycles. The summed E-state index contributed by atoms with van der Waals surface area (Å²) in [6.45, 7) is 3.30. The fraction of sp³-hybridized carbons (Fsp3) is 0.357. The van der Waals surface area contributed by atoms with Crippen LogP contribution in [0.25, 0.3) is 0 Å². The molecule has 3 N–H and O–H groups in total. The predicted octanol–water partition coefficient (Wildman–Crippen LogP) is 1.24. The van der Waals surface area contributed by atoms with Gasteiger partial charge in [-0.05, 0) is 18.6 Å². The summed E-state index contributed by atoms with van der Waals surface area (Å²) in [5.74, 6) is 0.257. The predicted molar refractivity (Wildman–Crippen MR) is 77.2 cm³/mol. The van der Waals surface area contributed by atoms with Crippen LogP contribution in [0.4, 0.5) is 5.82 Å². The molecule has 2 rings (SSSR count). The Labute approximate surface area is 118 Å². The van der Waals surface area contributed by atoms with E-state index in [0.29, 0.717) is 24.5 Å². The average Bonchev–Trinajstić information content (AvgIpc) is 2.91. The van der Waals surface area contributed by atoms with Crippen LogP contribution in [0, 0.1) is 0 Å². The zero-order valence-electron chi connectivity index (χ0n) is 11.5. The molecule has 6 heteroatoms. The maximum absolute atomic E-state index is 12.1. The van der Waals surface area contributed by atoms with E-state index in [1.165, 1.54) is 0 Å². The van der Waals surface area contributed by atoms with E-state index in [1.54, 1.807) is 24.7 Å². The lowest BCUT2D eigenvalue weighted by Crippen LogP contribution is -2.27. The molecule has 0 atom stereocenters. The quantitative estimate of drug-likeness (QED) is 0.829. The molecular formula is C14H19N5O. The maximum Gasteiger partial charge on any atom is 0.251 e. The maximum atomic E-state index is 12.1. The summed E-state index contributed by atoms with van der Waals surface area (Å²) in [7, 11) is 0. The summed E-state index contributed by atoms with van der Waals surface area (Å²) in [5.41, 5.74) is 7.15. The molecule has 2 aromatic rings. The first-order chi connectivity index (χ1) is 9.69. The number of anilines is 1.